The first-order valence-electron chi connectivity index (χ1n) is 7.24. The Morgan fingerprint density at radius 1 is 1.26 bits per heavy atom. The maximum atomic E-state index is 5.92. The lowest BCUT2D eigenvalue weighted by atomic mass is 9.95. The van der Waals surface area contributed by atoms with Crippen LogP contribution in [0, 0.1) is 0 Å². The van der Waals surface area contributed by atoms with E-state index in [0.717, 1.165) is 43.9 Å². The van der Waals surface area contributed by atoms with Gasteiger partial charge in [0.15, 0.2) is 0 Å². The molecular formula is C15H25NO3. The van der Waals surface area contributed by atoms with Gasteiger partial charge in [-0.05, 0) is 44.4 Å². The van der Waals surface area contributed by atoms with Crippen LogP contribution in [-0.4, -0.2) is 25.9 Å². The summed E-state index contributed by atoms with van der Waals surface area (Å²) in [5.74, 6) is 1.88. The highest BCUT2D eigenvalue weighted by molar-refractivity contribution is 5.06. The molecule has 2 atom stereocenters. The van der Waals surface area contributed by atoms with Crippen LogP contribution in [0.25, 0.3) is 0 Å². The number of rotatable bonds is 7. The molecule has 19 heavy (non-hydrogen) atoms. The Morgan fingerprint density at radius 3 is 2.84 bits per heavy atom. The average molecular weight is 267 g/mol. The second kappa shape index (κ2) is 7.68. The normalized spacial score (nSPS) is 23.7. The Labute approximate surface area is 115 Å². The summed E-state index contributed by atoms with van der Waals surface area (Å²) in [5.41, 5.74) is 0. The predicted molar refractivity (Wildman–Crippen MR) is 73.9 cm³/mol. The molecule has 2 rings (SSSR count). The number of ether oxygens (including phenoxy) is 2. The molecule has 108 valence electrons. The lowest BCUT2D eigenvalue weighted by Crippen LogP contribution is -2.27. The third kappa shape index (κ3) is 4.64. The molecule has 0 spiro atoms. The van der Waals surface area contributed by atoms with Crippen molar-refractivity contribution in [2.45, 2.75) is 58.0 Å². The van der Waals surface area contributed by atoms with E-state index in [-0.39, 0.29) is 0 Å². The first-order chi connectivity index (χ1) is 9.31. The minimum Gasteiger partial charge on any atom is -0.462 e. The predicted octanol–water partition coefficient (Wildman–Crippen LogP) is 2.86. The van der Waals surface area contributed by atoms with Crippen molar-refractivity contribution >= 4 is 0 Å². The number of nitrogens with one attached hydrogen (secondary N) is 1. The van der Waals surface area contributed by atoms with E-state index in [1.807, 2.05) is 12.1 Å². The van der Waals surface area contributed by atoms with Crippen LogP contribution in [0.15, 0.2) is 16.5 Å². The van der Waals surface area contributed by atoms with Gasteiger partial charge in [-0.3, -0.25) is 0 Å². The fourth-order valence-corrected chi connectivity index (χ4v) is 2.51. The second-order valence-electron chi connectivity index (χ2n) is 5.11. The van der Waals surface area contributed by atoms with Gasteiger partial charge in [0.05, 0.1) is 18.8 Å². The van der Waals surface area contributed by atoms with Gasteiger partial charge >= 0.3 is 0 Å². The van der Waals surface area contributed by atoms with Crippen molar-refractivity contribution < 1.29 is 13.9 Å². The Kier molecular flexibility index (Phi) is 5.89. The maximum absolute atomic E-state index is 5.92. The second-order valence-corrected chi connectivity index (χ2v) is 5.11. The molecule has 1 fully saturated rings. The van der Waals surface area contributed by atoms with Gasteiger partial charge in [-0.25, -0.2) is 0 Å². The van der Waals surface area contributed by atoms with E-state index in [1.165, 1.54) is 6.42 Å². The molecule has 0 saturated heterocycles. The highest BCUT2D eigenvalue weighted by atomic mass is 16.5. The summed E-state index contributed by atoms with van der Waals surface area (Å²) in [6, 6.07) is 4.02. The molecule has 0 bridgehead atoms. The summed E-state index contributed by atoms with van der Waals surface area (Å²) in [4.78, 5) is 0. The van der Waals surface area contributed by atoms with Crippen molar-refractivity contribution in [2.24, 2.45) is 0 Å². The zero-order chi connectivity index (χ0) is 13.5. The molecule has 1 saturated carbocycles. The molecule has 1 heterocycles. The molecule has 4 nitrogen and oxygen atoms in total. The van der Waals surface area contributed by atoms with Gasteiger partial charge in [-0.2, -0.15) is 0 Å². The van der Waals surface area contributed by atoms with Crippen LogP contribution in [0.2, 0.25) is 0 Å². The van der Waals surface area contributed by atoms with Crippen LogP contribution in [0.5, 0.6) is 0 Å². The molecule has 2 unspecified atom stereocenters. The monoisotopic (exact) mass is 267 g/mol. The SMILES string of the molecule is CCNCc1ccc(COC2CCCC(OC)C2)o1. The summed E-state index contributed by atoms with van der Waals surface area (Å²) in [7, 11) is 1.78. The summed E-state index contributed by atoms with van der Waals surface area (Å²) >= 11 is 0. The minimum atomic E-state index is 0.306. The van der Waals surface area contributed by atoms with Crippen LogP contribution in [0.3, 0.4) is 0 Å². The lowest BCUT2D eigenvalue weighted by Gasteiger charge is -2.27. The third-order valence-corrected chi connectivity index (χ3v) is 3.64. The summed E-state index contributed by atoms with van der Waals surface area (Å²) in [6.07, 6.45) is 5.14. The molecule has 1 aromatic rings. The molecule has 0 aliphatic heterocycles. The summed E-state index contributed by atoms with van der Waals surface area (Å²) < 4.78 is 17.0. The number of hydrogen-bond donors (Lipinski definition) is 1. The van der Waals surface area contributed by atoms with Crippen LogP contribution in [-0.2, 0) is 22.6 Å². The Bertz CT molecular complexity index is 364. The van der Waals surface area contributed by atoms with Gasteiger partial charge in [0.25, 0.3) is 0 Å². The molecule has 1 aromatic heterocycles. The van der Waals surface area contributed by atoms with E-state index in [4.69, 9.17) is 13.9 Å². The molecular weight excluding hydrogens is 242 g/mol. The topological polar surface area (TPSA) is 43.6 Å². The highest BCUT2D eigenvalue weighted by Crippen LogP contribution is 2.24. The summed E-state index contributed by atoms with van der Waals surface area (Å²) in [6.45, 7) is 4.38. The van der Waals surface area contributed by atoms with Crippen molar-refractivity contribution in [3.8, 4) is 0 Å². The molecule has 1 aliphatic carbocycles. The van der Waals surface area contributed by atoms with E-state index < -0.39 is 0 Å². The molecule has 0 aromatic carbocycles. The van der Waals surface area contributed by atoms with Crippen molar-refractivity contribution in [3.05, 3.63) is 23.7 Å². The number of methoxy groups -OCH3 is 1. The van der Waals surface area contributed by atoms with E-state index >= 15 is 0 Å². The standard InChI is InChI=1S/C15H25NO3/c1-3-16-10-14-7-8-15(19-14)11-18-13-6-4-5-12(9-13)17-2/h7-8,12-13,16H,3-6,9-11H2,1-2H3. The van der Waals surface area contributed by atoms with E-state index in [1.54, 1.807) is 7.11 Å². The largest absolute Gasteiger partial charge is 0.462 e. The van der Waals surface area contributed by atoms with E-state index in [9.17, 15) is 0 Å². The number of hydrogen-bond acceptors (Lipinski definition) is 4. The van der Waals surface area contributed by atoms with Crippen LogP contribution in [0.1, 0.15) is 44.1 Å². The Morgan fingerprint density at radius 2 is 2.05 bits per heavy atom. The lowest BCUT2D eigenvalue weighted by molar-refractivity contribution is -0.0407. The van der Waals surface area contributed by atoms with Crippen LogP contribution >= 0.6 is 0 Å². The summed E-state index contributed by atoms with van der Waals surface area (Å²) in [5, 5.41) is 3.25. The third-order valence-electron chi connectivity index (χ3n) is 3.64. The highest BCUT2D eigenvalue weighted by Gasteiger charge is 2.22. The van der Waals surface area contributed by atoms with Crippen molar-refractivity contribution in [2.75, 3.05) is 13.7 Å². The van der Waals surface area contributed by atoms with Gasteiger partial charge in [-0.1, -0.05) is 6.92 Å². The zero-order valence-corrected chi connectivity index (χ0v) is 12.0. The molecule has 1 aliphatic rings. The maximum Gasteiger partial charge on any atom is 0.129 e. The Hall–Kier alpha value is -0.840. The van der Waals surface area contributed by atoms with E-state index in [2.05, 4.69) is 12.2 Å². The van der Waals surface area contributed by atoms with Gasteiger partial charge in [-0.15, -0.1) is 0 Å². The first-order valence-corrected chi connectivity index (χ1v) is 7.24. The van der Waals surface area contributed by atoms with E-state index in [0.29, 0.717) is 18.8 Å². The van der Waals surface area contributed by atoms with Crippen molar-refractivity contribution in [1.29, 1.82) is 0 Å². The Balaban J connectivity index is 1.73. The van der Waals surface area contributed by atoms with Gasteiger partial charge in [0.2, 0.25) is 0 Å². The first kappa shape index (κ1) is 14.6. The van der Waals surface area contributed by atoms with Crippen LogP contribution in [0.4, 0.5) is 0 Å². The smallest absolute Gasteiger partial charge is 0.129 e. The minimum absolute atomic E-state index is 0.306. The zero-order valence-electron chi connectivity index (χ0n) is 12.0. The fourth-order valence-electron chi connectivity index (χ4n) is 2.51. The molecule has 4 heteroatoms. The van der Waals surface area contributed by atoms with Crippen molar-refractivity contribution in [1.82, 2.24) is 5.32 Å². The fraction of sp³-hybridized carbons (Fsp3) is 0.733. The molecule has 0 amide bonds. The van der Waals surface area contributed by atoms with Gasteiger partial charge in [0.1, 0.15) is 18.1 Å². The van der Waals surface area contributed by atoms with Crippen molar-refractivity contribution in [3.63, 3.8) is 0 Å². The number of furan rings is 1. The quantitative estimate of drug-likeness (QED) is 0.825. The van der Waals surface area contributed by atoms with Gasteiger partial charge in [0, 0.05) is 7.11 Å². The van der Waals surface area contributed by atoms with Gasteiger partial charge < -0.3 is 19.2 Å². The molecule has 1 N–H and O–H groups in total. The van der Waals surface area contributed by atoms with Crippen LogP contribution < -0.4 is 5.32 Å². The molecule has 0 radical (unpaired) electrons. The average Bonchev–Trinajstić information content (AvgIpc) is 2.91.